The van der Waals surface area contributed by atoms with Crippen LogP contribution in [0.5, 0.6) is 0 Å². The number of allylic oxidation sites excluding steroid dienone is 1. The molecule has 3 saturated carbocycles. The smallest absolute Gasteiger partial charge is 0.0138 e. The number of hydrogen-bond acceptors (Lipinski definition) is 1. The number of nitrogens with one attached hydrogen (secondary N) is 1. The zero-order valence-corrected chi connectivity index (χ0v) is 8.37. The van der Waals surface area contributed by atoms with Crippen LogP contribution in [0.4, 0.5) is 0 Å². The molecule has 3 aliphatic rings. The van der Waals surface area contributed by atoms with Crippen molar-refractivity contribution < 1.29 is 0 Å². The first-order chi connectivity index (χ1) is 6.42. The molecule has 3 fully saturated rings. The highest BCUT2D eigenvalue weighted by Gasteiger charge is 2.64. The Balaban J connectivity index is 1.55. The van der Waals surface area contributed by atoms with Crippen LogP contribution < -0.4 is 5.32 Å². The molecule has 3 rings (SSSR count). The van der Waals surface area contributed by atoms with Gasteiger partial charge in [0.1, 0.15) is 0 Å². The van der Waals surface area contributed by atoms with E-state index in [1.807, 2.05) is 0 Å². The van der Waals surface area contributed by atoms with Crippen LogP contribution in [-0.2, 0) is 0 Å². The molecular weight excluding hydrogens is 158 g/mol. The van der Waals surface area contributed by atoms with E-state index in [2.05, 4.69) is 24.4 Å². The summed E-state index contributed by atoms with van der Waals surface area (Å²) in [7, 11) is 0. The van der Waals surface area contributed by atoms with Crippen molar-refractivity contribution >= 4 is 0 Å². The van der Waals surface area contributed by atoms with E-state index in [-0.39, 0.29) is 0 Å². The Morgan fingerprint density at radius 3 is 2.54 bits per heavy atom. The topological polar surface area (TPSA) is 12.0 Å². The molecule has 4 atom stereocenters. The van der Waals surface area contributed by atoms with Crippen molar-refractivity contribution in [1.82, 2.24) is 5.32 Å². The quantitative estimate of drug-likeness (QED) is 0.652. The van der Waals surface area contributed by atoms with Gasteiger partial charge in [-0.25, -0.2) is 0 Å². The number of rotatable bonds is 3. The van der Waals surface area contributed by atoms with Crippen LogP contribution in [0, 0.1) is 23.7 Å². The van der Waals surface area contributed by atoms with Crippen molar-refractivity contribution in [2.75, 3.05) is 6.54 Å². The lowest BCUT2D eigenvalue weighted by molar-refractivity contribution is 0.456. The van der Waals surface area contributed by atoms with Crippen molar-refractivity contribution in [1.29, 1.82) is 0 Å². The second-order valence-corrected chi connectivity index (χ2v) is 4.99. The van der Waals surface area contributed by atoms with Gasteiger partial charge in [0, 0.05) is 12.6 Å². The summed E-state index contributed by atoms with van der Waals surface area (Å²) in [5, 5.41) is 3.67. The van der Waals surface area contributed by atoms with Crippen LogP contribution in [0.1, 0.15) is 26.2 Å². The minimum absolute atomic E-state index is 0.905. The molecule has 0 spiro atoms. The van der Waals surface area contributed by atoms with Crippen LogP contribution in [0.2, 0.25) is 0 Å². The standard InChI is InChI=1S/C12H19N/c1-2-3-6-13-12-10-8-4-5-9(7-8)11(10)12/h2-3,8-13H,4-7H2,1H3/b3-2+. The monoisotopic (exact) mass is 177 g/mol. The molecule has 3 aliphatic carbocycles. The maximum absolute atomic E-state index is 3.67. The lowest BCUT2D eigenvalue weighted by atomic mass is 10.0. The SMILES string of the molecule is C/C=C/CNC1C2C3CCC(C3)C12. The van der Waals surface area contributed by atoms with Gasteiger partial charge in [0.05, 0.1) is 0 Å². The third-order valence-corrected chi connectivity index (χ3v) is 4.44. The Hall–Kier alpha value is -0.300. The molecule has 1 nitrogen and oxygen atoms in total. The van der Waals surface area contributed by atoms with Crippen molar-refractivity contribution in [3.8, 4) is 0 Å². The Morgan fingerprint density at radius 1 is 1.23 bits per heavy atom. The summed E-state index contributed by atoms with van der Waals surface area (Å²) in [6, 6.07) is 0.905. The van der Waals surface area contributed by atoms with Gasteiger partial charge in [-0.05, 0) is 49.9 Å². The van der Waals surface area contributed by atoms with E-state index in [9.17, 15) is 0 Å². The average Bonchev–Trinajstić information content (AvgIpc) is 2.58. The molecule has 1 heteroatoms. The van der Waals surface area contributed by atoms with Crippen LogP contribution >= 0.6 is 0 Å². The lowest BCUT2D eigenvalue weighted by Gasteiger charge is -2.08. The van der Waals surface area contributed by atoms with Crippen LogP contribution in [0.25, 0.3) is 0 Å². The fourth-order valence-electron chi connectivity index (χ4n) is 3.92. The molecule has 13 heavy (non-hydrogen) atoms. The molecule has 0 aliphatic heterocycles. The highest BCUT2D eigenvalue weighted by atomic mass is 15.0. The van der Waals surface area contributed by atoms with E-state index in [0.29, 0.717) is 0 Å². The van der Waals surface area contributed by atoms with Gasteiger partial charge in [-0.2, -0.15) is 0 Å². The van der Waals surface area contributed by atoms with Crippen molar-refractivity contribution in [2.45, 2.75) is 32.2 Å². The predicted octanol–water partition coefficient (Wildman–Crippen LogP) is 2.20. The van der Waals surface area contributed by atoms with Gasteiger partial charge in [0.15, 0.2) is 0 Å². The third-order valence-electron chi connectivity index (χ3n) is 4.44. The predicted molar refractivity (Wildman–Crippen MR) is 54.4 cm³/mol. The Kier molecular flexibility index (Phi) is 1.76. The zero-order valence-electron chi connectivity index (χ0n) is 8.37. The molecule has 0 aromatic rings. The molecule has 0 aromatic carbocycles. The summed E-state index contributed by atoms with van der Waals surface area (Å²) in [4.78, 5) is 0. The molecule has 0 heterocycles. The van der Waals surface area contributed by atoms with E-state index in [0.717, 1.165) is 36.3 Å². The highest BCUT2D eigenvalue weighted by molar-refractivity contribution is 5.17. The summed E-state index contributed by atoms with van der Waals surface area (Å²) in [6.45, 7) is 3.19. The molecular formula is C12H19N. The fourth-order valence-corrected chi connectivity index (χ4v) is 3.92. The van der Waals surface area contributed by atoms with Crippen molar-refractivity contribution in [2.24, 2.45) is 23.7 Å². The van der Waals surface area contributed by atoms with Gasteiger partial charge in [0.2, 0.25) is 0 Å². The van der Waals surface area contributed by atoms with Gasteiger partial charge in [0.25, 0.3) is 0 Å². The van der Waals surface area contributed by atoms with Crippen LogP contribution in [0.3, 0.4) is 0 Å². The van der Waals surface area contributed by atoms with Gasteiger partial charge >= 0.3 is 0 Å². The largest absolute Gasteiger partial charge is 0.310 e. The molecule has 1 N–H and O–H groups in total. The summed E-state index contributed by atoms with van der Waals surface area (Å²) in [6.07, 6.45) is 9.01. The van der Waals surface area contributed by atoms with Gasteiger partial charge in [-0.1, -0.05) is 12.2 Å². The molecule has 0 aromatic heterocycles. The van der Waals surface area contributed by atoms with Crippen molar-refractivity contribution in [3.63, 3.8) is 0 Å². The number of fused-ring (bicyclic) bond motifs is 5. The Bertz CT molecular complexity index is 217. The zero-order chi connectivity index (χ0) is 8.84. The van der Waals surface area contributed by atoms with Gasteiger partial charge in [-0.3, -0.25) is 0 Å². The Morgan fingerprint density at radius 2 is 1.92 bits per heavy atom. The molecule has 0 amide bonds. The maximum atomic E-state index is 3.67. The van der Waals surface area contributed by atoms with Gasteiger partial charge in [-0.15, -0.1) is 0 Å². The summed E-state index contributed by atoms with van der Waals surface area (Å²) in [5.74, 6) is 4.39. The summed E-state index contributed by atoms with van der Waals surface area (Å²) < 4.78 is 0. The van der Waals surface area contributed by atoms with Crippen LogP contribution in [0.15, 0.2) is 12.2 Å². The maximum Gasteiger partial charge on any atom is 0.0138 e. The van der Waals surface area contributed by atoms with Crippen LogP contribution in [-0.4, -0.2) is 12.6 Å². The minimum Gasteiger partial charge on any atom is -0.310 e. The van der Waals surface area contributed by atoms with E-state index < -0.39 is 0 Å². The lowest BCUT2D eigenvalue weighted by Crippen LogP contribution is -2.22. The van der Waals surface area contributed by atoms with E-state index in [4.69, 9.17) is 0 Å². The summed E-state index contributed by atoms with van der Waals surface area (Å²) in [5.41, 5.74) is 0. The molecule has 4 unspecified atom stereocenters. The fraction of sp³-hybridized carbons (Fsp3) is 0.833. The van der Waals surface area contributed by atoms with E-state index in [1.54, 1.807) is 6.42 Å². The van der Waals surface area contributed by atoms with Gasteiger partial charge < -0.3 is 5.32 Å². The molecule has 0 saturated heterocycles. The first-order valence-corrected chi connectivity index (χ1v) is 5.76. The van der Waals surface area contributed by atoms with E-state index in [1.165, 1.54) is 12.8 Å². The average molecular weight is 177 g/mol. The van der Waals surface area contributed by atoms with E-state index >= 15 is 0 Å². The molecule has 72 valence electrons. The Labute approximate surface area is 80.6 Å². The highest BCUT2D eigenvalue weighted by Crippen LogP contribution is 2.65. The van der Waals surface area contributed by atoms with Crippen molar-refractivity contribution in [3.05, 3.63) is 12.2 Å². The summed E-state index contributed by atoms with van der Waals surface area (Å²) >= 11 is 0. The normalized spacial score (nSPS) is 51.6. The first-order valence-electron chi connectivity index (χ1n) is 5.76. The first kappa shape index (κ1) is 8.05. The third kappa shape index (κ3) is 1.10. The second-order valence-electron chi connectivity index (χ2n) is 4.99. The number of hydrogen-bond donors (Lipinski definition) is 1. The minimum atomic E-state index is 0.905. The molecule has 2 bridgehead atoms. The molecule has 0 radical (unpaired) electrons. The second kappa shape index (κ2) is 2.84.